The van der Waals surface area contributed by atoms with E-state index in [1.54, 1.807) is 4.57 Å². The zero-order valence-electron chi connectivity index (χ0n) is 15.0. The molecule has 1 aromatic carbocycles. The van der Waals surface area contributed by atoms with Gasteiger partial charge in [-0.25, -0.2) is 4.98 Å². The smallest absolute Gasteiger partial charge is 0.346 e. The maximum atomic E-state index is 12.9. The van der Waals surface area contributed by atoms with E-state index >= 15 is 0 Å². The highest BCUT2D eigenvalue weighted by Crippen LogP contribution is 2.31. The fraction of sp³-hybridized carbons (Fsp3) is 0.316. The summed E-state index contributed by atoms with van der Waals surface area (Å²) in [5, 5.41) is 5.08. The van der Waals surface area contributed by atoms with Crippen molar-refractivity contribution in [2.24, 2.45) is 0 Å². The number of anilines is 1. The molecule has 1 aliphatic rings. The predicted molar refractivity (Wildman–Crippen MR) is 97.1 cm³/mol. The van der Waals surface area contributed by atoms with Gasteiger partial charge in [0.2, 0.25) is 0 Å². The van der Waals surface area contributed by atoms with E-state index in [2.05, 4.69) is 22.2 Å². The molecule has 0 unspecified atom stereocenters. The number of halogens is 3. The minimum absolute atomic E-state index is 0.00930. The number of nitrogens with zero attached hydrogens (tertiary/aromatic N) is 2. The molecule has 6 nitrogen and oxygen atoms in total. The Labute approximate surface area is 159 Å². The van der Waals surface area contributed by atoms with E-state index in [0.717, 1.165) is 25.0 Å². The Kier molecular flexibility index (Phi) is 5.53. The Hall–Kier alpha value is -3.10. The Morgan fingerprint density at radius 2 is 2.04 bits per heavy atom. The van der Waals surface area contributed by atoms with Gasteiger partial charge >= 0.3 is 6.18 Å². The number of aromatic nitrogens is 2. The number of imidazole rings is 1. The van der Waals surface area contributed by atoms with Crippen molar-refractivity contribution in [3.8, 4) is 0 Å². The number of rotatable bonds is 5. The van der Waals surface area contributed by atoms with Gasteiger partial charge in [-0.15, -0.1) is 6.58 Å². The van der Waals surface area contributed by atoms with Gasteiger partial charge in [-0.1, -0.05) is 12.1 Å². The molecule has 0 fully saturated rings. The van der Waals surface area contributed by atoms with Gasteiger partial charge in [0.15, 0.2) is 11.5 Å². The molecule has 0 bridgehead atoms. The number of alkyl halides is 3. The lowest BCUT2D eigenvalue weighted by Crippen LogP contribution is -2.28. The molecule has 0 aliphatic carbocycles. The van der Waals surface area contributed by atoms with Crippen molar-refractivity contribution < 1.29 is 22.8 Å². The number of hydrogen-bond donors (Lipinski definition) is 2. The van der Waals surface area contributed by atoms with Crippen LogP contribution in [0.1, 0.15) is 45.2 Å². The van der Waals surface area contributed by atoms with Crippen LogP contribution >= 0.6 is 0 Å². The van der Waals surface area contributed by atoms with Crippen LogP contribution in [0.5, 0.6) is 0 Å². The number of benzene rings is 1. The lowest BCUT2D eigenvalue weighted by atomic mass is 10.1. The molecule has 3 rings (SSSR count). The molecule has 0 atom stereocenters. The summed E-state index contributed by atoms with van der Waals surface area (Å²) >= 11 is 0. The largest absolute Gasteiger partial charge is 0.416 e. The highest BCUT2D eigenvalue weighted by Gasteiger charge is 2.31. The van der Waals surface area contributed by atoms with E-state index in [0.29, 0.717) is 18.7 Å². The Morgan fingerprint density at radius 1 is 1.25 bits per heavy atom. The summed E-state index contributed by atoms with van der Waals surface area (Å²) in [6, 6.07) is 4.37. The molecule has 0 saturated heterocycles. The van der Waals surface area contributed by atoms with Crippen LogP contribution in [0.25, 0.3) is 0 Å². The Bertz CT molecular complexity index is 918. The molecule has 2 aromatic rings. The molecule has 148 valence electrons. The zero-order valence-corrected chi connectivity index (χ0v) is 15.0. The Morgan fingerprint density at radius 3 is 2.75 bits per heavy atom. The van der Waals surface area contributed by atoms with E-state index in [1.807, 2.05) is 0 Å². The van der Waals surface area contributed by atoms with Gasteiger partial charge < -0.3 is 15.2 Å². The first-order chi connectivity index (χ1) is 13.3. The van der Waals surface area contributed by atoms with Gasteiger partial charge in [-0.05, 0) is 37.5 Å². The number of hydrogen-bond acceptors (Lipinski definition) is 3. The third-order valence-electron chi connectivity index (χ3n) is 4.39. The van der Waals surface area contributed by atoms with E-state index in [1.165, 1.54) is 18.2 Å². The van der Waals surface area contributed by atoms with E-state index < -0.39 is 23.6 Å². The number of carbonyl (C=O) groups is 2. The van der Waals surface area contributed by atoms with E-state index in [9.17, 15) is 22.8 Å². The predicted octanol–water partition coefficient (Wildman–Crippen LogP) is 3.41. The highest BCUT2D eigenvalue weighted by molar-refractivity contribution is 6.05. The maximum absolute atomic E-state index is 12.9. The van der Waals surface area contributed by atoms with Gasteiger partial charge in [0.05, 0.1) is 11.3 Å². The van der Waals surface area contributed by atoms with Gasteiger partial charge in [0, 0.05) is 18.8 Å². The van der Waals surface area contributed by atoms with Crippen LogP contribution in [0.2, 0.25) is 0 Å². The maximum Gasteiger partial charge on any atom is 0.416 e. The summed E-state index contributed by atoms with van der Waals surface area (Å²) < 4.78 is 40.3. The molecule has 0 spiro atoms. The molecule has 1 aliphatic heterocycles. The quantitative estimate of drug-likeness (QED) is 0.766. The first-order valence-corrected chi connectivity index (χ1v) is 8.78. The van der Waals surface area contributed by atoms with Gasteiger partial charge in [0.1, 0.15) is 0 Å². The summed E-state index contributed by atoms with van der Waals surface area (Å²) in [6.07, 6.45) is -0.736. The molecule has 28 heavy (non-hydrogen) atoms. The average Bonchev–Trinajstić information content (AvgIpc) is 3.05. The lowest BCUT2D eigenvalue weighted by Gasteiger charge is -2.17. The van der Waals surface area contributed by atoms with Crippen molar-refractivity contribution in [3.05, 3.63) is 59.7 Å². The van der Waals surface area contributed by atoms with Crippen LogP contribution in [0.3, 0.4) is 0 Å². The lowest BCUT2D eigenvalue weighted by molar-refractivity contribution is -0.137. The van der Waals surface area contributed by atoms with Crippen LogP contribution < -0.4 is 10.6 Å². The standard InChI is InChI=1S/C19H19F3N4O2/c1-2-9-23-18(28)16-25-15(14-8-3-4-10-26(14)16)17(27)24-13-7-5-6-12(11-13)19(20,21)22/h2,5-7,11H,1,3-4,8-10H2,(H,23,28)(H,24,27). The third-order valence-corrected chi connectivity index (χ3v) is 4.39. The number of nitrogens with one attached hydrogen (secondary N) is 2. The normalized spacial score (nSPS) is 13.5. The Balaban J connectivity index is 1.89. The minimum atomic E-state index is -4.51. The van der Waals surface area contributed by atoms with Crippen molar-refractivity contribution in [1.29, 1.82) is 0 Å². The molecular weight excluding hydrogens is 373 g/mol. The van der Waals surface area contributed by atoms with Crippen molar-refractivity contribution in [2.75, 3.05) is 11.9 Å². The topological polar surface area (TPSA) is 76.0 Å². The fourth-order valence-corrected chi connectivity index (χ4v) is 3.11. The first-order valence-electron chi connectivity index (χ1n) is 8.78. The zero-order chi connectivity index (χ0) is 20.3. The molecule has 0 radical (unpaired) electrons. The van der Waals surface area contributed by atoms with Crippen molar-refractivity contribution in [3.63, 3.8) is 0 Å². The average molecular weight is 392 g/mol. The summed E-state index contributed by atoms with van der Waals surface area (Å²) in [4.78, 5) is 29.2. The summed E-state index contributed by atoms with van der Waals surface area (Å²) in [5.74, 6) is -0.959. The second-order valence-electron chi connectivity index (χ2n) is 6.37. The van der Waals surface area contributed by atoms with Crippen molar-refractivity contribution >= 4 is 17.5 Å². The summed E-state index contributed by atoms with van der Waals surface area (Å²) in [5.41, 5.74) is -0.183. The number of fused-ring (bicyclic) bond motifs is 1. The molecule has 2 amide bonds. The van der Waals surface area contributed by atoms with E-state index in [-0.39, 0.29) is 23.8 Å². The van der Waals surface area contributed by atoms with Crippen LogP contribution in [-0.4, -0.2) is 27.9 Å². The number of carbonyl (C=O) groups excluding carboxylic acids is 2. The summed E-state index contributed by atoms with van der Waals surface area (Å²) in [7, 11) is 0. The van der Waals surface area contributed by atoms with Crippen molar-refractivity contribution in [1.82, 2.24) is 14.9 Å². The second kappa shape index (κ2) is 7.87. The van der Waals surface area contributed by atoms with Crippen molar-refractivity contribution in [2.45, 2.75) is 32.0 Å². The van der Waals surface area contributed by atoms with Crippen LogP contribution in [0.4, 0.5) is 18.9 Å². The highest BCUT2D eigenvalue weighted by atomic mass is 19.4. The van der Waals surface area contributed by atoms with Crippen LogP contribution in [-0.2, 0) is 19.1 Å². The monoisotopic (exact) mass is 392 g/mol. The SMILES string of the molecule is C=CCNC(=O)c1nc(C(=O)Nc2cccc(C(F)(F)F)c2)c2n1CCCC2. The van der Waals surface area contributed by atoms with Crippen LogP contribution in [0, 0.1) is 0 Å². The van der Waals surface area contributed by atoms with Crippen LogP contribution in [0.15, 0.2) is 36.9 Å². The van der Waals surface area contributed by atoms with Gasteiger partial charge in [0.25, 0.3) is 11.8 Å². The fourth-order valence-electron chi connectivity index (χ4n) is 3.11. The van der Waals surface area contributed by atoms with E-state index in [4.69, 9.17) is 0 Å². The minimum Gasteiger partial charge on any atom is -0.346 e. The first kappa shape index (κ1) is 19.7. The molecule has 0 saturated carbocycles. The molecular formula is C19H19F3N4O2. The van der Waals surface area contributed by atoms with Gasteiger partial charge in [-0.3, -0.25) is 9.59 Å². The number of amides is 2. The second-order valence-corrected chi connectivity index (χ2v) is 6.37. The molecule has 2 heterocycles. The molecule has 1 aromatic heterocycles. The van der Waals surface area contributed by atoms with Gasteiger partial charge in [-0.2, -0.15) is 13.2 Å². The molecule has 2 N–H and O–H groups in total. The summed E-state index contributed by atoms with van der Waals surface area (Å²) in [6.45, 7) is 4.34. The molecule has 9 heteroatoms. The third kappa shape index (κ3) is 4.08.